The highest BCUT2D eigenvalue weighted by molar-refractivity contribution is 7.99. The van der Waals surface area contributed by atoms with Crippen molar-refractivity contribution in [2.24, 2.45) is 0 Å². The number of anilines is 1. The molecule has 34 heavy (non-hydrogen) atoms. The number of carbonyl (C=O) groups excluding carboxylic acids is 1. The number of thioether (sulfide) groups is 1. The highest BCUT2D eigenvalue weighted by Gasteiger charge is 2.18. The summed E-state index contributed by atoms with van der Waals surface area (Å²) in [6.07, 6.45) is 0.670. The van der Waals surface area contributed by atoms with E-state index in [9.17, 15) is 9.59 Å². The van der Waals surface area contributed by atoms with E-state index < -0.39 is 0 Å². The Morgan fingerprint density at radius 2 is 2.06 bits per heavy atom. The van der Waals surface area contributed by atoms with Crippen LogP contribution in [0.25, 0.3) is 26.9 Å². The van der Waals surface area contributed by atoms with Gasteiger partial charge >= 0.3 is 0 Å². The van der Waals surface area contributed by atoms with E-state index in [-0.39, 0.29) is 17.2 Å². The average Bonchev–Trinajstić information content (AvgIpc) is 3.43. The molecular weight excluding hydrogens is 472 g/mol. The van der Waals surface area contributed by atoms with Crippen molar-refractivity contribution in [1.82, 2.24) is 24.1 Å². The number of carbonyl (C=O) groups is 1. The van der Waals surface area contributed by atoms with Crippen molar-refractivity contribution in [2.45, 2.75) is 25.0 Å². The van der Waals surface area contributed by atoms with Crippen molar-refractivity contribution in [3.05, 3.63) is 58.4 Å². The van der Waals surface area contributed by atoms with Gasteiger partial charge in [0.25, 0.3) is 5.56 Å². The van der Waals surface area contributed by atoms with E-state index >= 15 is 0 Å². The lowest BCUT2D eigenvalue weighted by Gasteiger charge is -2.11. The normalized spacial score (nSPS) is 11.6. The fraction of sp³-hybridized carbons (Fsp3) is 0.261. The van der Waals surface area contributed by atoms with Crippen LogP contribution in [0.4, 0.5) is 5.13 Å². The lowest BCUT2D eigenvalue weighted by Crippen LogP contribution is -2.24. The van der Waals surface area contributed by atoms with Gasteiger partial charge in [-0.1, -0.05) is 41.3 Å². The van der Waals surface area contributed by atoms with Crippen molar-refractivity contribution >= 4 is 61.0 Å². The standard InChI is InChI=1S/C23H22N6O3S2/c1-14-8-9-16-18(12-14)34-21(24-16)25-19(30)13-33-23-27-26-22-28(10-5-11-32-2)20(31)15-6-3-4-7-17(15)29(22)23/h3-4,6-9,12H,5,10-11,13H2,1-2H3,(H,24,25,30). The van der Waals surface area contributed by atoms with Gasteiger partial charge in [-0.2, -0.15) is 0 Å². The predicted molar refractivity (Wildman–Crippen MR) is 135 cm³/mol. The zero-order chi connectivity index (χ0) is 23.7. The van der Waals surface area contributed by atoms with Crippen LogP contribution < -0.4 is 10.9 Å². The molecule has 5 rings (SSSR count). The molecule has 9 nitrogen and oxygen atoms in total. The number of benzene rings is 2. The fourth-order valence-corrected chi connectivity index (χ4v) is 5.49. The molecule has 0 spiro atoms. The molecule has 0 fully saturated rings. The second-order valence-electron chi connectivity index (χ2n) is 7.77. The number of rotatable bonds is 8. The van der Waals surface area contributed by atoms with Crippen molar-refractivity contribution in [3.63, 3.8) is 0 Å². The molecule has 174 valence electrons. The number of thiazole rings is 1. The largest absolute Gasteiger partial charge is 0.385 e. The first-order valence-electron chi connectivity index (χ1n) is 10.7. The summed E-state index contributed by atoms with van der Waals surface area (Å²) >= 11 is 2.71. The molecule has 0 unspecified atom stereocenters. The molecule has 0 bridgehead atoms. The summed E-state index contributed by atoms with van der Waals surface area (Å²) < 4.78 is 9.62. The third-order valence-corrected chi connectivity index (χ3v) is 7.19. The topological polar surface area (TPSA) is 103 Å². The first-order valence-corrected chi connectivity index (χ1v) is 12.5. The number of fused-ring (bicyclic) bond motifs is 4. The van der Waals surface area contributed by atoms with E-state index in [4.69, 9.17) is 4.74 Å². The molecule has 0 radical (unpaired) electrons. The first-order chi connectivity index (χ1) is 16.5. The molecule has 0 aliphatic rings. The van der Waals surface area contributed by atoms with E-state index in [1.165, 1.54) is 23.1 Å². The Bertz CT molecular complexity index is 1570. The number of hydrogen-bond donors (Lipinski definition) is 1. The second-order valence-corrected chi connectivity index (χ2v) is 9.74. The maximum Gasteiger partial charge on any atom is 0.262 e. The Balaban J connectivity index is 1.41. The number of para-hydroxylation sites is 1. The smallest absolute Gasteiger partial charge is 0.262 e. The van der Waals surface area contributed by atoms with Crippen LogP contribution in [0, 0.1) is 6.92 Å². The van der Waals surface area contributed by atoms with E-state index in [1.54, 1.807) is 17.7 Å². The second kappa shape index (κ2) is 9.53. The molecule has 0 saturated heterocycles. The van der Waals surface area contributed by atoms with Gasteiger partial charge < -0.3 is 10.1 Å². The number of aryl methyl sites for hydroxylation is 2. The lowest BCUT2D eigenvalue weighted by molar-refractivity contribution is -0.113. The summed E-state index contributed by atoms with van der Waals surface area (Å²) in [6.45, 7) is 3.02. The van der Waals surface area contributed by atoms with E-state index in [0.717, 1.165) is 15.8 Å². The van der Waals surface area contributed by atoms with Crippen molar-refractivity contribution in [2.75, 3.05) is 24.8 Å². The third-order valence-electron chi connectivity index (χ3n) is 5.33. The zero-order valence-corrected chi connectivity index (χ0v) is 20.3. The molecule has 0 atom stereocenters. The maximum absolute atomic E-state index is 13.1. The minimum Gasteiger partial charge on any atom is -0.385 e. The molecule has 5 aromatic rings. The van der Waals surface area contributed by atoms with Gasteiger partial charge in [0.15, 0.2) is 10.3 Å². The van der Waals surface area contributed by atoms with Crippen molar-refractivity contribution in [1.29, 1.82) is 0 Å². The number of methoxy groups -OCH3 is 1. The minimum atomic E-state index is -0.185. The fourth-order valence-electron chi connectivity index (χ4n) is 3.77. The van der Waals surface area contributed by atoms with Crippen LogP contribution in [0.2, 0.25) is 0 Å². The van der Waals surface area contributed by atoms with Crippen LogP contribution in [0.15, 0.2) is 52.4 Å². The average molecular weight is 495 g/mol. The number of ether oxygens (including phenoxy) is 1. The number of aromatic nitrogens is 5. The molecule has 1 N–H and O–H groups in total. The van der Waals surface area contributed by atoms with Gasteiger partial charge in [0.05, 0.1) is 26.9 Å². The van der Waals surface area contributed by atoms with Gasteiger partial charge in [0.1, 0.15) is 0 Å². The number of nitrogens with one attached hydrogen (secondary N) is 1. The third kappa shape index (κ3) is 4.29. The summed E-state index contributed by atoms with van der Waals surface area (Å²) in [4.78, 5) is 30.2. The first kappa shape index (κ1) is 22.5. The van der Waals surface area contributed by atoms with Crippen LogP contribution in [0.3, 0.4) is 0 Å². The number of hydrogen-bond acceptors (Lipinski definition) is 8. The number of nitrogens with zero attached hydrogens (tertiary/aromatic N) is 5. The molecule has 0 saturated carbocycles. The summed E-state index contributed by atoms with van der Waals surface area (Å²) in [5, 5.41) is 13.1. The Labute approximate surface area is 202 Å². The Morgan fingerprint density at radius 3 is 2.91 bits per heavy atom. The molecule has 3 aromatic heterocycles. The molecule has 0 aliphatic heterocycles. The van der Waals surface area contributed by atoms with Crippen LogP contribution in [-0.2, 0) is 16.1 Å². The quantitative estimate of drug-likeness (QED) is 0.259. The molecule has 0 aliphatic carbocycles. The van der Waals surface area contributed by atoms with Crippen LogP contribution >= 0.6 is 23.1 Å². The monoisotopic (exact) mass is 494 g/mol. The summed E-state index contributed by atoms with van der Waals surface area (Å²) in [5.74, 6) is 0.395. The molecule has 2 aromatic carbocycles. The SMILES string of the molecule is COCCCn1c(=O)c2ccccc2n2c(SCC(=O)Nc3nc4ccc(C)cc4s3)nnc12. The minimum absolute atomic E-state index is 0.119. The van der Waals surface area contributed by atoms with E-state index in [0.29, 0.717) is 46.5 Å². The van der Waals surface area contributed by atoms with Gasteiger partial charge in [-0.25, -0.2) is 4.98 Å². The number of amides is 1. The molecular formula is C23H22N6O3S2. The maximum atomic E-state index is 13.1. The van der Waals surface area contributed by atoms with Crippen LogP contribution in [-0.4, -0.2) is 49.5 Å². The Morgan fingerprint density at radius 1 is 1.21 bits per heavy atom. The van der Waals surface area contributed by atoms with E-state index in [2.05, 4.69) is 26.6 Å². The molecule has 3 heterocycles. The van der Waals surface area contributed by atoms with Gasteiger partial charge in [-0.15, -0.1) is 10.2 Å². The summed E-state index contributed by atoms with van der Waals surface area (Å²) in [6, 6.07) is 13.4. The van der Waals surface area contributed by atoms with Crippen molar-refractivity contribution in [3.8, 4) is 0 Å². The summed E-state index contributed by atoms with van der Waals surface area (Å²) in [7, 11) is 1.63. The molecule has 11 heteroatoms. The van der Waals surface area contributed by atoms with Gasteiger partial charge in [0.2, 0.25) is 11.7 Å². The van der Waals surface area contributed by atoms with Gasteiger partial charge in [0, 0.05) is 20.3 Å². The Hall–Kier alpha value is -3.28. The van der Waals surface area contributed by atoms with Crippen molar-refractivity contribution < 1.29 is 9.53 Å². The molecule has 1 amide bonds. The highest BCUT2D eigenvalue weighted by atomic mass is 32.2. The van der Waals surface area contributed by atoms with Gasteiger partial charge in [-0.05, 0) is 43.2 Å². The van der Waals surface area contributed by atoms with Gasteiger partial charge in [-0.3, -0.25) is 18.6 Å². The predicted octanol–water partition coefficient (Wildman–Crippen LogP) is 3.73. The lowest BCUT2D eigenvalue weighted by atomic mass is 10.2. The zero-order valence-electron chi connectivity index (χ0n) is 18.6. The van der Waals surface area contributed by atoms with Crippen LogP contribution in [0.1, 0.15) is 12.0 Å². The highest BCUT2D eigenvalue weighted by Crippen LogP contribution is 2.27. The summed E-state index contributed by atoms with van der Waals surface area (Å²) in [5.41, 5.74) is 2.60. The van der Waals surface area contributed by atoms with Crippen LogP contribution in [0.5, 0.6) is 0 Å². The Kier molecular flexibility index (Phi) is 6.31. The van der Waals surface area contributed by atoms with E-state index in [1.807, 2.05) is 41.7 Å².